The number of sulfonamides is 1. The second-order valence-corrected chi connectivity index (χ2v) is 9.62. The number of fused-ring (bicyclic) bond motifs is 1. The zero-order chi connectivity index (χ0) is 22.9. The minimum atomic E-state index is -3.63. The first-order valence-electron chi connectivity index (χ1n) is 10.2. The molecule has 0 unspecified atom stereocenters. The maximum absolute atomic E-state index is 13.0. The number of imidazole rings is 1. The number of methoxy groups -OCH3 is 1. The second-order valence-electron chi connectivity index (χ2n) is 7.27. The number of phenols is 1. The van der Waals surface area contributed by atoms with E-state index in [0.29, 0.717) is 55.0 Å². The molecule has 0 spiro atoms. The molecule has 3 aromatic rings. The topological polar surface area (TPSA) is 93.9 Å². The Labute approximate surface area is 191 Å². The Balaban J connectivity index is 1.74. The van der Waals surface area contributed by atoms with Crippen molar-refractivity contribution >= 4 is 43.8 Å². The number of phenolic OH excluding ortho intramolecular Hbond substituents is 1. The molecule has 2 heterocycles. The maximum Gasteiger partial charge on any atom is 0.243 e. The minimum absolute atomic E-state index is 0.0376. The third-order valence-electron chi connectivity index (χ3n) is 5.35. The van der Waals surface area contributed by atoms with Gasteiger partial charge in [-0.3, -0.25) is 0 Å². The molecule has 4 rings (SSSR count). The van der Waals surface area contributed by atoms with Gasteiger partial charge in [0.25, 0.3) is 0 Å². The molecule has 0 bridgehead atoms. The number of aromatic nitrogens is 2. The van der Waals surface area contributed by atoms with Crippen molar-refractivity contribution in [2.24, 2.45) is 0 Å². The van der Waals surface area contributed by atoms with Gasteiger partial charge in [-0.1, -0.05) is 17.7 Å². The van der Waals surface area contributed by atoms with Crippen molar-refractivity contribution in [3.05, 3.63) is 47.8 Å². The number of aryl methyl sites for hydroxylation is 1. The monoisotopic (exact) mass is 477 g/mol. The van der Waals surface area contributed by atoms with Gasteiger partial charge in [0.05, 0.1) is 41.3 Å². The van der Waals surface area contributed by atoms with Crippen molar-refractivity contribution in [3.63, 3.8) is 0 Å². The van der Waals surface area contributed by atoms with Crippen molar-refractivity contribution in [1.82, 2.24) is 13.9 Å². The Kier molecular flexibility index (Phi) is 6.43. The lowest BCUT2D eigenvalue weighted by Gasteiger charge is -2.26. The molecule has 0 radical (unpaired) electrons. The number of aromatic hydroxyl groups is 1. The van der Waals surface area contributed by atoms with Crippen molar-refractivity contribution in [3.8, 4) is 11.5 Å². The summed E-state index contributed by atoms with van der Waals surface area (Å²) < 4.78 is 39.8. The van der Waals surface area contributed by atoms with Gasteiger partial charge in [0.2, 0.25) is 10.0 Å². The zero-order valence-corrected chi connectivity index (χ0v) is 19.4. The fraction of sp³-hybridized carbons (Fsp3) is 0.318. The van der Waals surface area contributed by atoms with Crippen LogP contribution in [0.5, 0.6) is 11.5 Å². The van der Waals surface area contributed by atoms with E-state index in [0.717, 1.165) is 11.1 Å². The highest BCUT2D eigenvalue weighted by Gasteiger charge is 2.27. The molecular weight excluding hydrogens is 454 g/mol. The first kappa shape index (κ1) is 22.6. The van der Waals surface area contributed by atoms with Crippen LogP contribution in [0, 0.1) is 0 Å². The average molecular weight is 478 g/mol. The lowest BCUT2D eigenvalue weighted by Crippen LogP contribution is -2.40. The summed E-state index contributed by atoms with van der Waals surface area (Å²) in [7, 11) is -2.15. The van der Waals surface area contributed by atoms with Crippen LogP contribution in [0.3, 0.4) is 0 Å². The van der Waals surface area contributed by atoms with Crippen LogP contribution in [-0.2, 0) is 21.3 Å². The highest BCUT2D eigenvalue weighted by molar-refractivity contribution is 7.89. The largest absolute Gasteiger partial charge is 0.504 e. The SMILES string of the molecule is CCn1c(/C(Cl)=C/c2ccc(O)c(OC)c2)nc2cc(S(=O)(=O)N3CCOCC3)ccc21. The van der Waals surface area contributed by atoms with E-state index in [9.17, 15) is 13.5 Å². The number of hydrogen-bond acceptors (Lipinski definition) is 6. The van der Waals surface area contributed by atoms with E-state index >= 15 is 0 Å². The summed E-state index contributed by atoms with van der Waals surface area (Å²) in [6.07, 6.45) is 1.72. The lowest BCUT2D eigenvalue weighted by molar-refractivity contribution is 0.0730. The number of halogens is 1. The van der Waals surface area contributed by atoms with E-state index in [1.165, 1.54) is 17.5 Å². The van der Waals surface area contributed by atoms with Crippen molar-refractivity contribution in [2.75, 3.05) is 33.4 Å². The number of rotatable bonds is 6. The predicted molar refractivity (Wildman–Crippen MR) is 123 cm³/mol. The molecule has 10 heteroatoms. The van der Waals surface area contributed by atoms with E-state index in [2.05, 4.69) is 4.98 Å². The number of morpholine rings is 1. The summed E-state index contributed by atoms with van der Waals surface area (Å²) in [5.41, 5.74) is 2.07. The molecule has 8 nitrogen and oxygen atoms in total. The van der Waals surface area contributed by atoms with Crippen molar-refractivity contribution in [1.29, 1.82) is 0 Å². The number of nitrogens with zero attached hydrogens (tertiary/aromatic N) is 3. The van der Waals surface area contributed by atoms with Crippen LogP contribution in [0.15, 0.2) is 41.3 Å². The summed E-state index contributed by atoms with van der Waals surface area (Å²) in [5.74, 6) is 0.901. The van der Waals surface area contributed by atoms with Gasteiger partial charge in [-0.05, 0) is 48.9 Å². The molecule has 1 N–H and O–H groups in total. The maximum atomic E-state index is 13.0. The predicted octanol–water partition coefficient (Wildman–Crippen LogP) is 3.53. The van der Waals surface area contributed by atoms with E-state index in [-0.39, 0.29) is 10.6 Å². The van der Waals surface area contributed by atoms with Crippen LogP contribution in [0.4, 0.5) is 0 Å². The van der Waals surface area contributed by atoms with Crippen LogP contribution in [0.25, 0.3) is 22.1 Å². The fourth-order valence-electron chi connectivity index (χ4n) is 3.70. The summed E-state index contributed by atoms with van der Waals surface area (Å²) >= 11 is 6.62. The number of benzene rings is 2. The van der Waals surface area contributed by atoms with Gasteiger partial charge in [-0.2, -0.15) is 4.31 Å². The highest BCUT2D eigenvalue weighted by atomic mass is 35.5. The average Bonchev–Trinajstić information content (AvgIpc) is 3.19. The zero-order valence-electron chi connectivity index (χ0n) is 17.8. The molecule has 1 aromatic heterocycles. The van der Waals surface area contributed by atoms with Crippen LogP contribution in [0.1, 0.15) is 18.3 Å². The highest BCUT2D eigenvalue weighted by Crippen LogP contribution is 2.31. The van der Waals surface area contributed by atoms with Crippen LogP contribution >= 0.6 is 11.6 Å². The number of hydrogen-bond donors (Lipinski definition) is 1. The lowest BCUT2D eigenvalue weighted by atomic mass is 10.2. The molecule has 1 fully saturated rings. The Bertz CT molecular complexity index is 1280. The quantitative estimate of drug-likeness (QED) is 0.583. The van der Waals surface area contributed by atoms with Gasteiger partial charge >= 0.3 is 0 Å². The Hall–Kier alpha value is -2.59. The molecule has 170 valence electrons. The Morgan fingerprint density at radius 2 is 2.00 bits per heavy atom. The van der Waals surface area contributed by atoms with Crippen LogP contribution < -0.4 is 4.74 Å². The van der Waals surface area contributed by atoms with E-state index in [4.69, 9.17) is 21.1 Å². The molecular formula is C22H24ClN3O5S. The third-order valence-corrected chi connectivity index (χ3v) is 7.53. The standard InChI is InChI=1S/C22H24ClN3O5S/c1-3-26-19-6-5-16(32(28,29)25-8-10-31-11-9-25)14-18(19)24-22(26)17(23)12-15-4-7-20(27)21(13-15)30-2/h4-7,12-14,27H,3,8-11H2,1-2H3/b17-12-. The first-order valence-corrected chi connectivity index (χ1v) is 12.0. The van der Waals surface area contributed by atoms with E-state index in [1.54, 1.807) is 36.4 Å². The third kappa shape index (κ3) is 4.21. The summed E-state index contributed by atoms with van der Waals surface area (Å²) in [6, 6.07) is 9.86. The molecule has 1 aliphatic rings. The Morgan fingerprint density at radius 3 is 2.69 bits per heavy atom. The molecule has 0 amide bonds. The smallest absolute Gasteiger partial charge is 0.243 e. The minimum Gasteiger partial charge on any atom is -0.504 e. The van der Waals surface area contributed by atoms with Gasteiger partial charge < -0.3 is 19.1 Å². The fourth-order valence-corrected chi connectivity index (χ4v) is 5.40. The van der Waals surface area contributed by atoms with Gasteiger partial charge in [-0.25, -0.2) is 13.4 Å². The molecule has 1 saturated heterocycles. The molecule has 2 aromatic carbocycles. The van der Waals surface area contributed by atoms with Crippen LogP contribution in [-0.4, -0.2) is 60.8 Å². The van der Waals surface area contributed by atoms with Crippen molar-refractivity contribution < 1.29 is 23.0 Å². The first-order chi connectivity index (χ1) is 15.3. The van der Waals surface area contributed by atoms with Gasteiger partial charge in [-0.15, -0.1) is 0 Å². The van der Waals surface area contributed by atoms with Crippen LogP contribution in [0.2, 0.25) is 0 Å². The van der Waals surface area contributed by atoms with E-state index in [1.807, 2.05) is 11.5 Å². The summed E-state index contributed by atoms with van der Waals surface area (Å²) in [4.78, 5) is 4.83. The van der Waals surface area contributed by atoms with Gasteiger partial charge in [0.15, 0.2) is 17.3 Å². The second kappa shape index (κ2) is 9.11. The number of ether oxygens (including phenoxy) is 2. The molecule has 0 atom stereocenters. The normalized spacial score (nSPS) is 15.9. The van der Waals surface area contributed by atoms with E-state index < -0.39 is 10.0 Å². The Morgan fingerprint density at radius 1 is 1.25 bits per heavy atom. The molecule has 0 saturated carbocycles. The molecule has 1 aliphatic heterocycles. The summed E-state index contributed by atoms with van der Waals surface area (Å²) in [6.45, 7) is 4.01. The van der Waals surface area contributed by atoms with Crippen molar-refractivity contribution in [2.45, 2.75) is 18.4 Å². The summed E-state index contributed by atoms with van der Waals surface area (Å²) in [5, 5.41) is 10.2. The van der Waals surface area contributed by atoms with Gasteiger partial charge in [0, 0.05) is 19.6 Å². The van der Waals surface area contributed by atoms with Gasteiger partial charge in [0.1, 0.15) is 0 Å². The molecule has 0 aliphatic carbocycles. The molecule has 32 heavy (non-hydrogen) atoms.